The predicted octanol–water partition coefficient (Wildman–Crippen LogP) is 1.30. The molecule has 3 nitrogen and oxygen atoms in total. The number of H-pyrrole nitrogens is 1. The van der Waals surface area contributed by atoms with Gasteiger partial charge in [-0.25, -0.2) is 4.40 Å². The fourth-order valence-electron chi connectivity index (χ4n) is 1.60. The minimum atomic E-state index is 1.04. The van der Waals surface area contributed by atoms with Gasteiger partial charge in [-0.05, 0) is 17.5 Å². The molecule has 0 fully saturated rings. The standard InChI is InChI=1S/C10H7N3/c1-2-4-9-8(3-1)5-6-13-7-11-12-10(9)13/h1-7H/p+1. The molecule has 0 bridgehead atoms. The highest BCUT2D eigenvalue weighted by Gasteiger charge is 2.05. The quantitative estimate of drug-likeness (QED) is 0.507. The Morgan fingerprint density at radius 1 is 1.15 bits per heavy atom. The summed E-state index contributed by atoms with van der Waals surface area (Å²) in [7, 11) is 0. The van der Waals surface area contributed by atoms with Gasteiger partial charge in [-0.15, -0.1) is 5.10 Å². The van der Waals surface area contributed by atoms with Gasteiger partial charge in [0.25, 0.3) is 12.0 Å². The molecule has 0 spiro atoms. The molecule has 0 aliphatic heterocycles. The van der Waals surface area contributed by atoms with Crippen molar-refractivity contribution in [2.24, 2.45) is 0 Å². The van der Waals surface area contributed by atoms with Crippen molar-refractivity contribution in [2.45, 2.75) is 0 Å². The number of hydrogen-bond acceptors (Lipinski definition) is 1. The maximum absolute atomic E-state index is 3.99. The first-order valence-corrected chi connectivity index (χ1v) is 4.17. The number of fused-ring (bicyclic) bond motifs is 3. The average molecular weight is 170 g/mol. The molecule has 3 heteroatoms. The number of hydrogen-bond donors (Lipinski definition) is 1. The molecule has 62 valence electrons. The lowest BCUT2D eigenvalue weighted by Crippen LogP contribution is -2.16. The van der Waals surface area contributed by atoms with E-state index in [4.69, 9.17) is 0 Å². The second-order valence-electron chi connectivity index (χ2n) is 3.02. The Morgan fingerprint density at radius 2 is 2.08 bits per heavy atom. The maximum atomic E-state index is 3.99. The van der Waals surface area contributed by atoms with Gasteiger partial charge < -0.3 is 0 Å². The summed E-state index contributed by atoms with van der Waals surface area (Å²) in [5.41, 5.74) is 1.04. The highest BCUT2D eigenvalue weighted by molar-refractivity contribution is 5.91. The molecule has 3 rings (SSSR count). The second-order valence-corrected chi connectivity index (χ2v) is 3.02. The molecule has 0 saturated carbocycles. The van der Waals surface area contributed by atoms with E-state index in [1.165, 1.54) is 10.8 Å². The minimum Gasteiger partial charge on any atom is -0.203 e. The van der Waals surface area contributed by atoms with Crippen LogP contribution in [0.25, 0.3) is 16.4 Å². The fraction of sp³-hybridized carbons (Fsp3) is 0. The first kappa shape index (κ1) is 6.60. The summed E-state index contributed by atoms with van der Waals surface area (Å²) in [6, 6.07) is 10.3. The third-order valence-corrected chi connectivity index (χ3v) is 2.24. The van der Waals surface area contributed by atoms with Gasteiger partial charge in [0.15, 0.2) is 0 Å². The molecular weight excluding hydrogens is 162 g/mol. The number of aromatic nitrogens is 3. The minimum absolute atomic E-state index is 1.04. The van der Waals surface area contributed by atoms with E-state index in [0.29, 0.717) is 0 Å². The smallest absolute Gasteiger partial charge is 0.203 e. The Morgan fingerprint density at radius 3 is 3.08 bits per heavy atom. The van der Waals surface area contributed by atoms with E-state index in [2.05, 4.69) is 28.4 Å². The number of pyridine rings is 1. The molecule has 3 aromatic rings. The Hall–Kier alpha value is -1.90. The van der Waals surface area contributed by atoms with Crippen LogP contribution in [-0.4, -0.2) is 10.2 Å². The number of aromatic amines is 1. The van der Waals surface area contributed by atoms with E-state index in [1.807, 2.05) is 22.7 Å². The van der Waals surface area contributed by atoms with Gasteiger partial charge in [0.05, 0.1) is 11.6 Å². The third-order valence-electron chi connectivity index (χ3n) is 2.24. The lowest BCUT2D eigenvalue weighted by Gasteiger charge is -1.93. The van der Waals surface area contributed by atoms with Crippen molar-refractivity contribution in [1.82, 2.24) is 10.2 Å². The maximum Gasteiger partial charge on any atom is 0.269 e. The van der Waals surface area contributed by atoms with Crippen molar-refractivity contribution in [3.63, 3.8) is 0 Å². The fourth-order valence-corrected chi connectivity index (χ4v) is 1.60. The Bertz CT molecular complexity index is 568. The van der Waals surface area contributed by atoms with E-state index >= 15 is 0 Å². The molecule has 2 aromatic heterocycles. The molecule has 0 unspecified atom stereocenters. The van der Waals surface area contributed by atoms with Gasteiger partial charge in [-0.2, -0.15) is 0 Å². The summed E-state index contributed by atoms with van der Waals surface area (Å²) in [6.45, 7) is 0. The van der Waals surface area contributed by atoms with Crippen molar-refractivity contribution >= 4 is 16.4 Å². The molecule has 0 aliphatic carbocycles. The van der Waals surface area contributed by atoms with Crippen LogP contribution in [0.2, 0.25) is 0 Å². The van der Waals surface area contributed by atoms with Crippen molar-refractivity contribution < 1.29 is 4.40 Å². The van der Waals surface area contributed by atoms with Crippen LogP contribution in [0.4, 0.5) is 0 Å². The van der Waals surface area contributed by atoms with Crippen LogP contribution in [0.1, 0.15) is 0 Å². The summed E-state index contributed by atoms with van der Waals surface area (Å²) in [5, 5.41) is 9.39. The van der Waals surface area contributed by atoms with Crippen molar-refractivity contribution in [2.75, 3.05) is 0 Å². The van der Waals surface area contributed by atoms with Gasteiger partial charge in [0.1, 0.15) is 0 Å². The van der Waals surface area contributed by atoms with Crippen LogP contribution in [-0.2, 0) is 0 Å². The van der Waals surface area contributed by atoms with E-state index in [-0.39, 0.29) is 0 Å². The first-order valence-electron chi connectivity index (χ1n) is 4.17. The zero-order valence-electron chi connectivity index (χ0n) is 6.94. The van der Waals surface area contributed by atoms with Crippen LogP contribution >= 0.6 is 0 Å². The van der Waals surface area contributed by atoms with E-state index in [1.54, 1.807) is 6.33 Å². The van der Waals surface area contributed by atoms with Crippen LogP contribution in [0, 0.1) is 0 Å². The third kappa shape index (κ3) is 0.839. The highest BCUT2D eigenvalue weighted by atomic mass is 15.2. The molecule has 1 aromatic carbocycles. The molecule has 0 saturated heterocycles. The molecule has 0 radical (unpaired) electrons. The molecule has 0 amide bonds. The van der Waals surface area contributed by atoms with Crippen molar-refractivity contribution in [3.8, 4) is 0 Å². The van der Waals surface area contributed by atoms with E-state index in [9.17, 15) is 0 Å². The number of benzene rings is 1. The van der Waals surface area contributed by atoms with E-state index in [0.717, 1.165) is 5.65 Å². The molecule has 2 heterocycles. The summed E-state index contributed by atoms with van der Waals surface area (Å²) in [4.78, 5) is 0. The molecule has 0 aliphatic rings. The Balaban J connectivity index is 2.65. The number of rotatable bonds is 0. The number of nitrogens with one attached hydrogen (secondary N) is 1. The van der Waals surface area contributed by atoms with Crippen LogP contribution < -0.4 is 4.40 Å². The monoisotopic (exact) mass is 170 g/mol. The average Bonchev–Trinajstić information content (AvgIpc) is 2.65. The Kier molecular flexibility index (Phi) is 1.16. The highest BCUT2D eigenvalue weighted by Crippen LogP contribution is 2.13. The van der Waals surface area contributed by atoms with Crippen LogP contribution in [0.5, 0.6) is 0 Å². The second kappa shape index (κ2) is 2.29. The van der Waals surface area contributed by atoms with Gasteiger partial charge in [0, 0.05) is 5.10 Å². The van der Waals surface area contributed by atoms with Crippen molar-refractivity contribution in [1.29, 1.82) is 0 Å². The zero-order chi connectivity index (χ0) is 8.67. The van der Waals surface area contributed by atoms with Gasteiger partial charge in [-0.1, -0.05) is 18.2 Å². The topological polar surface area (TPSA) is 32.8 Å². The molecular formula is C10H8N3+. The summed E-state index contributed by atoms with van der Waals surface area (Å²) in [6.07, 6.45) is 3.77. The van der Waals surface area contributed by atoms with Crippen LogP contribution in [0.15, 0.2) is 42.9 Å². The zero-order valence-corrected chi connectivity index (χ0v) is 6.94. The summed E-state index contributed by atoms with van der Waals surface area (Å²) in [5.74, 6) is 0. The van der Waals surface area contributed by atoms with E-state index < -0.39 is 0 Å². The van der Waals surface area contributed by atoms with Gasteiger partial charge in [0.2, 0.25) is 0 Å². The molecule has 1 N–H and O–H groups in total. The van der Waals surface area contributed by atoms with Gasteiger partial charge >= 0.3 is 0 Å². The number of nitrogens with zero attached hydrogens (tertiary/aromatic N) is 2. The molecule has 0 atom stereocenters. The Labute approximate surface area is 74.6 Å². The lowest BCUT2D eigenvalue weighted by molar-refractivity contribution is -0.510. The van der Waals surface area contributed by atoms with Crippen molar-refractivity contribution in [3.05, 3.63) is 42.9 Å². The first-order chi connectivity index (χ1) is 6.45. The lowest BCUT2D eigenvalue weighted by atomic mass is 10.2. The normalized spacial score (nSPS) is 11.1. The molecule has 13 heavy (non-hydrogen) atoms. The SMILES string of the molecule is c1ccc2c(c1)cc[n+]1cn[nH]c21. The van der Waals surface area contributed by atoms with Gasteiger partial charge in [-0.3, -0.25) is 0 Å². The van der Waals surface area contributed by atoms with Crippen LogP contribution in [0.3, 0.4) is 0 Å². The summed E-state index contributed by atoms with van der Waals surface area (Å²) >= 11 is 0. The summed E-state index contributed by atoms with van der Waals surface area (Å²) < 4.78 is 1.97. The largest absolute Gasteiger partial charge is 0.269 e. The predicted molar refractivity (Wildman–Crippen MR) is 49.3 cm³/mol.